The summed E-state index contributed by atoms with van der Waals surface area (Å²) < 4.78 is 11.9. The molecule has 1 aromatic carbocycles. The van der Waals surface area contributed by atoms with Crippen LogP contribution in [0.4, 0.5) is 10.5 Å². The Bertz CT molecular complexity index is 1220. The fourth-order valence-corrected chi connectivity index (χ4v) is 5.23. The highest BCUT2D eigenvalue weighted by Gasteiger charge is 2.40. The van der Waals surface area contributed by atoms with Gasteiger partial charge in [0.1, 0.15) is 21.9 Å². The molecule has 1 aliphatic carbocycles. The van der Waals surface area contributed by atoms with Crippen molar-refractivity contribution in [1.29, 1.82) is 0 Å². The molecular weight excluding hydrogens is 456 g/mol. The molecule has 3 aromatic rings. The van der Waals surface area contributed by atoms with Gasteiger partial charge < -0.3 is 20.3 Å². The predicted octanol–water partition coefficient (Wildman–Crippen LogP) is 4.47. The maximum absolute atomic E-state index is 12.8. The molecule has 1 aliphatic rings. The summed E-state index contributed by atoms with van der Waals surface area (Å²) >= 11 is 1.32. The molecule has 2 aromatic heterocycles. The first-order valence-corrected chi connectivity index (χ1v) is 12.2. The number of esters is 1. The maximum Gasteiger partial charge on any atom is 0.435 e. The molecule has 0 aliphatic heterocycles. The highest BCUT2D eigenvalue weighted by atomic mass is 32.1. The first kappa shape index (κ1) is 24.2. The summed E-state index contributed by atoms with van der Waals surface area (Å²) in [6.45, 7) is 7.52. The Kier molecular flexibility index (Phi) is 6.39. The molecule has 0 bridgehead atoms. The Morgan fingerprint density at radius 3 is 2.65 bits per heavy atom. The first-order valence-electron chi connectivity index (χ1n) is 11.4. The number of carbonyl (C=O) groups is 2. The minimum atomic E-state index is -1.12. The highest BCUT2D eigenvalue weighted by Crippen LogP contribution is 2.43. The number of aliphatic hydroxyl groups is 1. The monoisotopic (exact) mass is 486 g/mol. The van der Waals surface area contributed by atoms with Gasteiger partial charge in [0, 0.05) is 17.3 Å². The second kappa shape index (κ2) is 8.99. The third kappa shape index (κ3) is 4.78. The quantitative estimate of drug-likeness (QED) is 0.408. The van der Waals surface area contributed by atoms with Crippen LogP contribution in [0, 0.1) is 5.92 Å². The van der Waals surface area contributed by atoms with E-state index < -0.39 is 17.3 Å². The maximum atomic E-state index is 12.8. The standard InChI is InChI=1S/C24H30N4O5S/c1-5-32-20(29)14-8-10-24(31,11-9-14)21-26-13-18(34-21)19-16-12-15(25)6-7-17(16)28(27-19)22(30)33-23(2,3)4/h6-7,12-14,31H,5,8-11,25H2,1-4H3/t14-,24+. The molecule has 1 fully saturated rings. The molecule has 3 N–H and O–H groups in total. The Labute approximate surface area is 201 Å². The number of hydrogen-bond donors (Lipinski definition) is 2. The molecule has 182 valence electrons. The van der Waals surface area contributed by atoms with Crippen LogP contribution < -0.4 is 5.73 Å². The number of nitrogens with two attached hydrogens (primary N) is 1. The van der Waals surface area contributed by atoms with Gasteiger partial charge in [-0.15, -0.1) is 11.3 Å². The van der Waals surface area contributed by atoms with Crippen LogP contribution in [0.15, 0.2) is 24.4 Å². The predicted molar refractivity (Wildman–Crippen MR) is 129 cm³/mol. The van der Waals surface area contributed by atoms with E-state index in [0.29, 0.717) is 64.5 Å². The largest absolute Gasteiger partial charge is 0.466 e. The number of thiazole rings is 1. The van der Waals surface area contributed by atoms with Crippen molar-refractivity contribution in [3.05, 3.63) is 29.4 Å². The van der Waals surface area contributed by atoms with E-state index in [-0.39, 0.29) is 11.9 Å². The van der Waals surface area contributed by atoms with Crippen molar-refractivity contribution in [3.63, 3.8) is 0 Å². The molecule has 0 saturated heterocycles. The molecule has 34 heavy (non-hydrogen) atoms. The smallest absolute Gasteiger partial charge is 0.435 e. The number of fused-ring (bicyclic) bond motifs is 1. The van der Waals surface area contributed by atoms with Crippen molar-refractivity contribution in [2.75, 3.05) is 12.3 Å². The van der Waals surface area contributed by atoms with E-state index in [1.54, 1.807) is 52.1 Å². The molecule has 0 atom stereocenters. The zero-order valence-electron chi connectivity index (χ0n) is 19.8. The lowest BCUT2D eigenvalue weighted by Gasteiger charge is -2.33. The normalized spacial score (nSPS) is 20.9. The summed E-state index contributed by atoms with van der Waals surface area (Å²) in [7, 11) is 0. The molecule has 0 radical (unpaired) electrons. The molecule has 0 spiro atoms. The number of aromatic nitrogens is 3. The summed E-state index contributed by atoms with van der Waals surface area (Å²) in [5.41, 5.74) is 5.88. The van der Waals surface area contributed by atoms with Crippen LogP contribution in [0.25, 0.3) is 21.5 Å². The number of anilines is 1. The Morgan fingerprint density at radius 1 is 1.29 bits per heavy atom. The summed E-state index contributed by atoms with van der Waals surface area (Å²) in [6, 6.07) is 5.20. The number of ether oxygens (including phenoxy) is 2. The third-order valence-corrected chi connectivity index (χ3v) is 7.04. The second-order valence-corrected chi connectivity index (χ2v) is 10.6. The van der Waals surface area contributed by atoms with Crippen molar-refractivity contribution in [2.24, 2.45) is 5.92 Å². The van der Waals surface area contributed by atoms with E-state index in [4.69, 9.17) is 15.2 Å². The van der Waals surface area contributed by atoms with E-state index in [1.165, 1.54) is 16.0 Å². The van der Waals surface area contributed by atoms with Crippen molar-refractivity contribution in [1.82, 2.24) is 14.8 Å². The van der Waals surface area contributed by atoms with Gasteiger partial charge in [-0.25, -0.2) is 9.78 Å². The molecule has 1 saturated carbocycles. The topological polar surface area (TPSA) is 130 Å². The van der Waals surface area contributed by atoms with Crippen LogP contribution in [0.3, 0.4) is 0 Å². The third-order valence-electron chi connectivity index (χ3n) is 5.84. The van der Waals surface area contributed by atoms with E-state index in [0.717, 1.165) is 0 Å². The Balaban J connectivity index is 1.64. The molecule has 9 nitrogen and oxygen atoms in total. The Morgan fingerprint density at radius 2 is 2.00 bits per heavy atom. The van der Waals surface area contributed by atoms with Gasteiger partial charge in [-0.1, -0.05) is 0 Å². The number of rotatable bonds is 4. The summed E-state index contributed by atoms with van der Waals surface area (Å²) in [5, 5.41) is 17.1. The minimum Gasteiger partial charge on any atom is -0.466 e. The van der Waals surface area contributed by atoms with Gasteiger partial charge in [0.05, 0.1) is 22.9 Å². The van der Waals surface area contributed by atoms with Gasteiger partial charge in [0.25, 0.3) is 0 Å². The van der Waals surface area contributed by atoms with Gasteiger partial charge in [0.15, 0.2) is 0 Å². The van der Waals surface area contributed by atoms with Gasteiger partial charge in [-0.3, -0.25) is 4.79 Å². The zero-order chi connectivity index (χ0) is 24.7. The van der Waals surface area contributed by atoms with Crippen molar-refractivity contribution < 1.29 is 24.2 Å². The van der Waals surface area contributed by atoms with Gasteiger partial charge in [0.2, 0.25) is 0 Å². The lowest BCUT2D eigenvalue weighted by molar-refractivity contribution is -0.151. The summed E-state index contributed by atoms with van der Waals surface area (Å²) in [6.07, 6.45) is 2.98. The van der Waals surface area contributed by atoms with Crippen molar-refractivity contribution in [2.45, 2.75) is 64.6 Å². The number of benzene rings is 1. The molecule has 2 heterocycles. The fourth-order valence-electron chi connectivity index (χ4n) is 4.17. The molecule has 0 unspecified atom stereocenters. The van der Waals surface area contributed by atoms with Crippen LogP contribution in [-0.4, -0.2) is 44.1 Å². The van der Waals surface area contributed by atoms with Crippen LogP contribution in [0.1, 0.15) is 58.4 Å². The van der Waals surface area contributed by atoms with Gasteiger partial charge >= 0.3 is 12.1 Å². The van der Waals surface area contributed by atoms with Crippen LogP contribution in [0.5, 0.6) is 0 Å². The highest BCUT2D eigenvalue weighted by molar-refractivity contribution is 7.15. The zero-order valence-corrected chi connectivity index (χ0v) is 20.6. The summed E-state index contributed by atoms with van der Waals surface area (Å²) in [5.74, 6) is -0.405. The van der Waals surface area contributed by atoms with Crippen LogP contribution in [0.2, 0.25) is 0 Å². The lowest BCUT2D eigenvalue weighted by atomic mass is 9.79. The van der Waals surface area contributed by atoms with E-state index >= 15 is 0 Å². The number of hydrogen-bond acceptors (Lipinski definition) is 9. The van der Waals surface area contributed by atoms with Crippen LogP contribution in [-0.2, 0) is 19.9 Å². The van der Waals surface area contributed by atoms with Gasteiger partial charge in [-0.05, 0) is 71.6 Å². The summed E-state index contributed by atoms with van der Waals surface area (Å²) in [4.78, 5) is 30.0. The SMILES string of the molecule is CCOC(=O)[C@H]1CC[C@](O)(c2ncc(-c3nn(C(=O)OC(C)(C)C)c4ccc(N)cc34)s2)CC1. The molecular formula is C24H30N4O5S. The van der Waals surface area contributed by atoms with Crippen molar-refractivity contribution >= 4 is 40.0 Å². The average Bonchev–Trinajstić information content (AvgIpc) is 3.38. The fraction of sp³-hybridized carbons (Fsp3) is 0.500. The van der Waals surface area contributed by atoms with E-state index in [1.807, 2.05) is 0 Å². The van der Waals surface area contributed by atoms with Gasteiger partial charge in [-0.2, -0.15) is 9.78 Å². The molecule has 0 amide bonds. The Hall–Kier alpha value is -2.98. The second-order valence-electron chi connectivity index (χ2n) is 9.60. The van der Waals surface area contributed by atoms with Crippen LogP contribution >= 0.6 is 11.3 Å². The minimum absolute atomic E-state index is 0.198. The van der Waals surface area contributed by atoms with Crippen molar-refractivity contribution in [3.8, 4) is 10.6 Å². The number of nitrogen functional groups attached to an aromatic ring is 1. The average molecular weight is 487 g/mol. The lowest BCUT2D eigenvalue weighted by Crippen LogP contribution is -2.34. The van der Waals surface area contributed by atoms with E-state index in [9.17, 15) is 14.7 Å². The molecule has 10 heteroatoms. The first-order chi connectivity index (χ1) is 16.0. The number of nitrogens with zero attached hydrogens (tertiary/aromatic N) is 3. The number of carbonyl (C=O) groups excluding carboxylic acids is 2. The molecule has 4 rings (SSSR count). The van der Waals surface area contributed by atoms with E-state index in [2.05, 4.69) is 10.1 Å².